The summed E-state index contributed by atoms with van der Waals surface area (Å²) in [5.74, 6) is 0.960. The largest absolute Gasteiger partial charge is 0.317 e. The first-order valence-corrected chi connectivity index (χ1v) is 10.5. The zero-order chi connectivity index (χ0) is 16.6. The minimum atomic E-state index is 0.724. The molecule has 1 saturated carbocycles. The van der Waals surface area contributed by atoms with Gasteiger partial charge in [-0.15, -0.1) is 0 Å². The van der Waals surface area contributed by atoms with Gasteiger partial charge in [0.25, 0.3) is 0 Å². The number of nitrogens with one attached hydrogen (secondary N) is 1. The van der Waals surface area contributed by atoms with Gasteiger partial charge in [0.2, 0.25) is 0 Å². The van der Waals surface area contributed by atoms with Crippen molar-refractivity contribution in [1.82, 2.24) is 20.0 Å². The van der Waals surface area contributed by atoms with E-state index in [-0.39, 0.29) is 0 Å². The highest BCUT2D eigenvalue weighted by Crippen LogP contribution is 2.51. The van der Waals surface area contributed by atoms with Crippen molar-refractivity contribution < 1.29 is 0 Å². The van der Waals surface area contributed by atoms with Gasteiger partial charge in [0.05, 0.1) is 0 Å². The number of hydrogen-bond acceptors (Lipinski definition) is 4. The van der Waals surface area contributed by atoms with Crippen molar-refractivity contribution in [3.8, 4) is 0 Å². The standard InChI is InChI=1S/C20H38N4/c1-17-15-24(12-11-22(17)2)19-13-20(14-19)5-9-23(10-6-20)16-18-3-7-21-8-4-18/h17-19,21H,3-16H2,1-2H3/t17-/m1/s1. The molecule has 4 fully saturated rings. The molecule has 0 aromatic carbocycles. The molecule has 1 N–H and O–H groups in total. The molecule has 3 aliphatic heterocycles. The summed E-state index contributed by atoms with van der Waals surface area (Å²) in [5.41, 5.74) is 0.724. The predicted molar refractivity (Wildman–Crippen MR) is 100 cm³/mol. The van der Waals surface area contributed by atoms with Crippen LogP contribution in [0.1, 0.15) is 45.4 Å². The van der Waals surface area contributed by atoms with Crippen molar-refractivity contribution in [3.05, 3.63) is 0 Å². The minimum Gasteiger partial charge on any atom is -0.317 e. The van der Waals surface area contributed by atoms with Crippen molar-refractivity contribution in [2.24, 2.45) is 11.3 Å². The van der Waals surface area contributed by atoms with Gasteiger partial charge < -0.3 is 15.1 Å². The Morgan fingerprint density at radius 2 is 1.71 bits per heavy atom. The van der Waals surface area contributed by atoms with Crippen molar-refractivity contribution >= 4 is 0 Å². The first-order chi connectivity index (χ1) is 11.6. The van der Waals surface area contributed by atoms with Gasteiger partial charge in [0.1, 0.15) is 0 Å². The molecule has 0 bridgehead atoms. The maximum Gasteiger partial charge on any atom is 0.0192 e. The van der Waals surface area contributed by atoms with E-state index in [4.69, 9.17) is 0 Å². The highest BCUT2D eigenvalue weighted by Gasteiger charge is 2.48. The van der Waals surface area contributed by atoms with Gasteiger partial charge in [-0.3, -0.25) is 4.90 Å². The fraction of sp³-hybridized carbons (Fsp3) is 1.00. The van der Waals surface area contributed by atoms with Crippen molar-refractivity contribution in [3.63, 3.8) is 0 Å². The number of piperidine rings is 2. The van der Waals surface area contributed by atoms with Crippen LogP contribution in [0.25, 0.3) is 0 Å². The Balaban J connectivity index is 1.20. The molecule has 0 unspecified atom stereocenters. The molecule has 4 heteroatoms. The topological polar surface area (TPSA) is 21.8 Å². The lowest BCUT2D eigenvalue weighted by atomic mass is 9.60. The number of hydrogen-bond donors (Lipinski definition) is 1. The van der Waals surface area contributed by atoms with E-state index in [2.05, 4.69) is 34.0 Å². The van der Waals surface area contributed by atoms with E-state index in [1.807, 2.05) is 0 Å². The zero-order valence-electron chi connectivity index (χ0n) is 16.0. The summed E-state index contributed by atoms with van der Waals surface area (Å²) in [5, 5.41) is 3.50. The van der Waals surface area contributed by atoms with Crippen LogP contribution in [0.2, 0.25) is 0 Å². The molecule has 0 amide bonds. The molecule has 24 heavy (non-hydrogen) atoms. The summed E-state index contributed by atoms with van der Waals surface area (Å²) in [6.45, 7) is 12.8. The van der Waals surface area contributed by atoms with E-state index in [0.717, 1.165) is 23.4 Å². The van der Waals surface area contributed by atoms with Crippen LogP contribution in [0, 0.1) is 11.3 Å². The van der Waals surface area contributed by atoms with Crippen LogP contribution >= 0.6 is 0 Å². The summed E-state index contributed by atoms with van der Waals surface area (Å²) >= 11 is 0. The van der Waals surface area contributed by atoms with E-state index < -0.39 is 0 Å². The van der Waals surface area contributed by atoms with Crippen LogP contribution in [-0.4, -0.2) is 86.2 Å². The van der Waals surface area contributed by atoms with Crippen molar-refractivity contribution in [2.75, 3.05) is 59.4 Å². The van der Waals surface area contributed by atoms with Gasteiger partial charge in [0, 0.05) is 38.3 Å². The minimum absolute atomic E-state index is 0.724. The second kappa shape index (κ2) is 7.22. The molecule has 1 aliphatic carbocycles. The lowest BCUT2D eigenvalue weighted by Crippen LogP contribution is -2.60. The monoisotopic (exact) mass is 334 g/mol. The van der Waals surface area contributed by atoms with Crippen LogP contribution in [-0.2, 0) is 0 Å². The maximum atomic E-state index is 3.50. The molecule has 0 aromatic heterocycles. The van der Waals surface area contributed by atoms with E-state index in [0.29, 0.717) is 0 Å². The van der Waals surface area contributed by atoms with Crippen LogP contribution in [0.15, 0.2) is 0 Å². The number of likely N-dealkylation sites (N-methyl/N-ethyl adjacent to an activating group) is 1. The smallest absolute Gasteiger partial charge is 0.0192 e. The van der Waals surface area contributed by atoms with Gasteiger partial charge >= 0.3 is 0 Å². The Morgan fingerprint density at radius 3 is 2.38 bits per heavy atom. The number of rotatable bonds is 3. The normalized spacial score (nSPS) is 34.5. The van der Waals surface area contributed by atoms with E-state index in [9.17, 15) is 0 Å². The molecule has 4 rings (SSSR count). The second-order valence-corrected chi connectivity index (χ2v) is 9.38. The molecule has 1 atom stereocenters. The quantitative estimate of drug-likeness (QED) is 0.850. The predicted octanol–water partition coefficient (Wildman–Crippen LogP) is 1.87. The molecule has 4 nitrogen and oxygen atoms in total. The van der Waals surface area contributed by atoms with E-state index in [1.165, 1.54) is 90.9 Å². The summed E-state index contributed by atoms with van der Waals surface area (Å²) < 4.78 is 0. The van der Waals surface area contributed by atoms with Crippen LogP contribution in [0.3, 0.4) is 0 Å². The Kier molecular flexibility index (Phi) is 5.19. The summed E-state index contributed by atoms with van der Waals surface area (Å²) in [6.07, 6.45) is 8.71. The Morgan fingerprint density at radius 1 is 1.00 bits per heavy atom. The lowest BCUT2D eigenvalue weighted by Gasteiger charge is -2.57. The van der Waals surface area contributed by atoms with Crippen LogP contribution < -0.4 is 5.32 Å². The molecule has 4 aliphatic rings. The van der Waals surface area contributed by atoms with Gasteiger partial charge in [-0.1, -0.05) is 0 Å². The summed E-state index contributed by atoms with van der Waals surface area (Å²) in [7, 11) is 2.28. The fourth-order valence-electron chi connectivity index (χ4n) is 5.65. The molecule has 3 heterocycles. The fourth-order valence-corrected chi connectivity index (χ4v) is 5.65. The SMILES string of the molecule is C[C@@H]1CN(C2CC3(CCN(CC4CCNCC4)CC3)C2)CCN1C. The van der Waals surface area contributed by atoms with Crippen LogP contribution in [0.5, 0.6) is 0 Å². The molecule has 3 saturated heterocycles. The first-order valence-electron chi connectivity index (χ1n) is 10.5. The van der Waals surface area contributed by atoms with Gasteiger partial charge in [-0.25, -0.2) is 0 Å². The highest BCUT2D eigenvalue weighted by atomic mass is 15.3. The number of piperazine rings is 1. The van der Waals surface area contributed by atoms with Crippen molar-refractivity contribution in [1.29, 1.82) is 0 Å². The summed E-state index contributed by atoms with van der Waals surface area (Å²) in [4.78, 5) is 8.11. The molecule has 138 valence electrons. The lowest BCUT2D eigenvalue weighted by molar-refractivity contribution is -0.0628. The molecule has 0 radical (unpaired) electrons. The van der Waals surface area contributed by atoms with E-state index in [1.54, 1.807) is 0 Å². The first kappa shape index (κ1) is 17.3. The number of likely N-dealkylation sites (tertiary alicyclic amines) is 1. The third kappa shape index (κ3) is 3.67. The Bertz CT molecular complexity index is 404. The summed E-state index contributed by atoms with van der Waals surface area (Å²) in [6, 6.07) is 1.64. The zero-order valence-corrected chi connectivity index (χ0v) is 16.0. The van der Waals surface area contributed by atoms with Crippen LogP contribution in [0.4, 0.5) is 0 Å². The third-order valence-electron chi connectivity index (χ3n) is 7.74. The van der Waals surface area contributed by atoms with Gasteiger partial charge in [0.15, 0.2) is 0 Å². The van der Waals surface area contributed by atoms with Gasteiger partial charge in [-0.05, 0) is 90.0 Å². The Hall–Kier alpha value is -0.160. The van der Waals surface area contributed by atoms with Gasteiger partial charge in [-0.2, -0.15) is 0 Å². The second-order valence-electron chi connectivity index (χ2n) is 9.38. The number of nitrogens with zero attached hydrogens (tertiary/aromatic N) is 3. The maximum absolute atomic E-state index is 3.50. The molecular weight excluding hydrogens is 296 g/mol. The molecule has 1 spiro atoms. The molecular formula is C20H38N4. The van der Waals surface area contributed by atoms with E-state index >= 15 is 0 Å². The van der Waals surface area contributed by atoms with Crippen molar-refractivity contribution in [2.45, 2.75) is 57.5 Å². The third-order valence-corrected chi connectivity index (χ3v) is 7.74. The molecule has 0 aromatic rings. The average Bonchev–Trinajstić information content (AvgIpc) is 2.57. The highest BCUT2D eigenvalue weighted by molar-refractivity contribution is 5.02. The Labute approximate surface area is 148 Å². The average molecular weight is 335 g/mol.